The minimum atomic E-state index is -0.518. The van der Waals surface area contributed by atoms with Crippen LogP contribution < -0.4 is 10.6 Å². The van der Waals surface area contributed by atoms with E-state index in [9.17, 15) is 14.0 Å². The Morgan fingerprint density at radius 3 is 2.88 bits per heavy atom. The summed E-state index contributed by atoms with van der Waals surface area (Å²) in [6.07, 6.45) is 2.98. The first kappa shape index (κ1) is 16.9. The summed E-state index contributed by atoms with van der Waals surface area (Å²) < 4.78 is 15.2. The van der Waals surface area contributed by atoms with Gasteiger partial charge in [0.1, 0.15) is 17.5 Å². The highest BCUT2D eigenvalue weighted by molar-refractivity contribution is 5.94. The number of aromatic nitrogens is 2. The third-order valence-corrected chi connectivity index (χ3v) is 4.08. The fourth-order valence-electron chi connectivity index (χ4n) is 2.93. The maximum Gasteiger partial charge on any atom is 0.322 e. The number of benzene rings is 1. The fourth-order valence-corrected chi connectivity index (χ4v) is 2.93. The molecule has 1 saturated heterocycles. The Kier molecular flexibility index (Phi) is 4.69. The number of anilines is 1. The maximum absolute atomic E-state index is 13.8. The number of nitrogens with one attached hydrogen (secondary N) is 2. The first-order valence-corrected chi connectivity index (χ1v) is 8.12. The number of rotatable bonds is 3. The van der Waals surface area contributed by atoms with Gasteiger partial charge in [-0.05, 0) is 18.1 Å². The topological polar surface area (TPSA) is 79.3 Å². The summed E-state index contributed by atoms with van der Waals surface area (Å²) in [6.45, 7) is 4.64. The van der Waals surface area contributed by atoms with Gasteiger partial charge in [0.25, 0.3) is 0 Å². The van der Waals surface area contributed by atoms with Gasteiger partial charge < -0.3 is 15.5 Å². The van der Waals surface area contributed by atoms with Gasteiger partial charge in [0.05, 0.1) is 18.1 Å². The number of nitrogens with zero attached hydrogens (tertiary/aromatic N) is 3. The summed E-state index contributed by atoms with van der Waals surface area (Å²) in [5, 5.41) is 9.58. The van der Waals surface area contributed by atoms with Crippen molar-refractivity contribution < 1.29 is 14.0 Å². The van der Waals surface area contributed by atoms with Crippen LogP contribution in [0.4, 0.5) is 14.9 Å². The minimum Gasteiger partial charge on any atom is -0.353 e. The maximum atomic E-state index is 13.8. The van der Waals surface area contributed by atoms with E-state index in [2.05, 4.69) is 15.7 Å². The third-order valence-electron chi connectivity index (χ3n) is 4.08. The molecule has 2 N–H and O–H groups in total. The van der Waals surface area contributed by atoms with Crippen LogP contribution in [0.3, 0.4) is 0 Å². The second kappa shape index (κ2) is 6.92. The Bertz CT molecular complexity index is 789. The Labute approximate surface area is 144 Å². The number of amides is 3. The molecule has 1 atom stereocenters. The average molecular weight is 345 g/mol. The largest absolute Gasteiger partial charge is 0.353 e. The Morgan fingerprint density at radius 1 is 1.40 bits per heavy atom. The number of urea groups is 1. The summed E-state index contributed by atoms with van der Waals surface area (Å²) in [6, 6.07) is 5.35. The van der Waals surface area contributed by atoms with Crippen molar-refractivity contribution in [3.05, 3.63) is 42.5 Å². The van der Waals surface area contributed by atoms with Gasteiger partial charge in [-0.3, -0.25) is 4.79 Å². The van der Waals surface area contributed by atoms with Gasteiger partial charge in [-0.25, -0.2) is 13.9 Å². The number of carbonyl (C=O) groups is 2. The van der Waals surface area contributed by atoms with Crippen LogP contribution in [0.25, 0.3) is 5.69 Å². The number of piperazine rings is 1. The minimum absolute atomic E-state index is 0.00723. The van der Waals surface area contributed by atoms with Crippen molar-refractivity contribution in [1.29, 1.82) is 0 Å². The van der Waals surface area contributed by atoms with E-state index >= 15 is 0 Å². The molecule has 3 amide bonds. The molecule has 1 aromatic heterocycles. The van der Waals surface area contributed by atoms with Crippen molar-refractivity contribution in [3.8, 4) is 5.69 Å². The second-order valence-corrected chi connectivity index (χ2v) is 6.23. The lowest BCUT2D eigenvalue weighted by molar-refractivity contribution is -0.129. The number of carbonyl (C=O) groups excluding carboxylic acids is 2. The van der Waals surface area contributed by atoms with Crippen LogP contribution in [-0.2, 0) is 4.79 Å². The van der Waals surface area contributed by atoms with Crippen molar-refractivity contribution in [1.82, 2.24) is 20.0 Å². The van der Waals surface area contributed by atoms with Gasteiger partial charge in [0.2, 0.25) is 5.91 Å². The number of para-hydroxylation sites is 1. The first-order valence-electron chi connectivity index (χ1n) is 8.12. The molecule has 25 heavy (non-hydrogen) atoms. The number of hydrogen-bond acceptors (Lipinski definition) is 3. The van der Waals surface area contributed by atoms with Gasteiger partial charge in [0.15, 0.2) is 0 Å². The van der Waals surface area contributed by atoms with Crippen LogP contribution in [-0.4, -0.2) is 45.8 Å². The predicted molar refractivity (Wildman–Crippen MR) is 90.9 cm³/mol. The van der Waals surface area contributed by atoms with Crippen molar-refractivity contribution in [2.45, 2.75) is 19.9 Å². The molecule has 1 aliphatic heterocycles. The van der Waals surface area contributed by atoms with Gasteiger partial charge >= 0.3 is 6.03 Å². The van der Waals surface area contributed by atoms with Crippen molar-refractivity contribution in [3.63, 3.8) is 0 Å². The molecule has 8 heteroatoms. The van der Waals surface area contributed by atoms with Gasteiger partial charge in [-0.2, -0.15) is 5.10 Å². The first-order chi connectivity index (χ1) is 12.0. The summed E-state index contributed by atoms with van der Waals surface area (Å²) in [4.78, 5) is 26.1. The number of halogens is 1. The third kappa shape index (κ3) is 3.47. The summed E-state index contributed by atoms with van der Waals surface area (Å²) in [5.41, 5.74) is 0.724. The quantitative estimate of drug-likeness (QED) is 0.893. The molecule has 0 aliphatic carbocycles. The molecule has 1 fully saturated rings. The van der Waals surface area contributed by atoms with Gasteiger partial charge in [-0.15, -0.1) is 0 Å². The molecule has 7 nitrogen and oxygen atoms in total. The molecule has 1 aromatic carbocycles. The molecule has 3 rings (SSSR count). The van der Waals surface area contributed by atoms with E-state index in [-0.39, 0.29) is 17.9 Å². The van der Waals surface area contributed by atoms with Crippen molar-refractivity contribution in [2.24, 2.45) is 5.92 Å². The van der Waals surface area contributed by atoms with Gasteiger partial charge in [-0.1, -0.05) is 26.0 Å². The molecular weight excluding hydrogens is 325 g/mol. The Hall–Kier alpha value is -2.90. The fraction of sp³-hybridized carbons (Fsp3) is 0.353. The Morgan fingerprint density at radius 2 is 2.16 bits per heavy atom. The van der Waals surface area contributed by atoms with Crippen LogP contribution in [0.15, 0.2) is 36.7 Å². The van der Waals surface area contributed by atoms with Crippen LogP contribution >= 0.6 is 0 Å². The second-order valence-electron chi connectivity index (χ2n) is 6.23. The molecule has 0 unspecified atom stereocenters. The van der Waals surface area contributed by atoms with Crippen LogP contribution in [0.2, 0.25) is 0 Å². The predicted octanol–water partition coefficient (Wildman–Crippen LogP) is 2.00. The highest BCUT2D eigenvalue weighted by Gasteiger charge is 2.35. The molecule has 2 aromatic rings. The molecule has 0 saturated carbocycles. The van der Waals surface area contributed by atoms with Crippen LogP contribution in [0, 0.1) is 11.7 Å². The lowest BCUT2D eigenvalue weighted by Crippen LogP contribution is -2.60. The molecule has 1 aliphatic rings. The van der Waals surface area contributed by atoms with E-state index in [1.807, 2.05) is 13.8 Å². The summed E-state index contributed by atoms with van der Waals surface area (Å²) in [7, 11) is 0. The van der Waals surface area contributed by atoms with E-state index in [1.54, 1.807) is 18.2 Å². The van der Waals surface area contributed by atoms with E-state index in [1.165, 1.54) is 28.0 Å². The lowest BCUT2D eigenvalue weighted by Gasteiger charge is -2.37. The van der Waals surface area contributed by atoms with E-state index in [4.69, 9.17) is 0 Å². The standard InChI is InChI=1S/C17H20FN5O2/c1-11(2)15-16(24)19-7-8-22(15)17(25)21-12-9-20-23(10-12)14-6-4-3-5-13(14)18/h3-6,9-11,15H,7-8H2,1-2H3,(H,19,24)(H,21,25)/t15-/m1/s1. The number of hydrogen-bond donors (Lipinski definition) is 2. The highest BCUT2D eigenvalue weighted by Crippen LogP contribution is 2.18. The van der Waals surface area contributed by atoms with E-state index in [0.717, 1.165) is 0 Å². The van der Waals surface area contributed by atoms with E-state index < -0.39 is 11.9 Å². The van der Waals surface area contributed by atoms with Crippen molar-refractivity contribution >= 4 is 17.6 Å². The van der Waals surface area contributed by atoms with Gasteiger partial charge in [0, 0.05) is 13.1 Å². The smallest absolute Gasteiger partial charge is 0.322 e. The van der Waals surface area contributed by atoms with Crippen LogP contribution in [0.5, 0.6) is 0 Å². The molecule has 0 bridgehead atoms. The monoisotopic (exact) mass is 345 g/mol. The lowest BCUT2D eigenvalue weighted by atomic mass is 10.00. The molecule has 0 spiro atoms. The summed E-state index contributed by atoms with van der Waals surface area (Å²) in [5.74, 6) is -0.568. The Balaban J connectivity index is 1.75. The normalized spacial score (nSPS) is 17.5. The zero-order valence-electron chi connectivity index (χ0n) is 14.1. The molecular formula is C17H20FN5O2. The average Bonchev–Trinajstić information content (AvgIpc) is 3.02. The summed E-state index contributed by atoms with van der Waals surface area (Å²) >= 11 is 0. The molecule has 132 valence electrons. The van der Waals surface area contributed by atoms with E-state index in [0.29, 0.717) is 24.5 Å². The van der Waals surface area contributed by atoms with Crippen molar-refractivity contribution in [2.75, 3.05) is 18.4 Å². The zero-order chi connectivity index (χ0) is 18.0. The molecule has 2 heterocycles. The highest BCUT2D eigenvalue weighted by atomic mass is 19.1. The zero-order valence-corrected chi connectivity index (χ0v) is 14.1. The van der Waals surface area contributed by atoms with Crippen LogP contribution in [0.1, 0.15) is 13.8 Å². The molecule has 0 radical (unpaired) electrons. The SMILES string of the molecule is CC(C)[C@@H]1C(=O)NCCN1C(=O)Nc1cnn(-c2ccccc2F)c1.